The molecule has 1 aromatic rings. The third kappa shape index (κ3) is 4.18. The van der Waals surface area contributed by atoms with E-state index in [1.807, 2.05) is 13.8 Å². The van der Waals surface area contributed by atoms with Crippen LogP contribution >= 0.6 is 0 Å². The monoisotopic (exact) mass is 319 g/mol. The Labute approximate surface area is 137 Å². The summed E-state index contributed by atoms with van der Waals surface area (Å²) < 4.78 is 10.6. The molecule has 0 spiro atoms. The van der Waals surface area contributed by atoms with Crippen molar-refractivity contribution in [3.63, 3.8) is 0 Å². The van der Waals surface area contributed by atoms with E-state index in [9.17, 15) is 9.59 Å². The summed E-state index contributed by atoms with van der Waals surface area (Å²) in [5.41, 5.74) is 0.0331. The first-order valence-electron chi connectivity index (χ1n) is 8.01. The van der Waals surface area contributed by atoms with Gasteiger partial charge in [-0.3, -0.25) is 14.5 Å². The van der Waals surface area contributed by atoms with E-state index in [0.29, 0.717) is 24.5 Å². The molecule has 2 rings (SSSR count). The fourth-order valence-corrected chi connectivity index (χ4v) is 2.53. The number of benzene rings is 1. The minimum Gasteiger partial charge on any atom is -0.426 e. The van der Waals surface area contributed by atoms with Crippen LogP contribution in [0.4, 0.5) is 0 Å². The van der Waals surface area contributed by atoms with Crippen LogP contribution in [0.5, 0.6) is 5.75 Å². The standard InChI is InChI=1S/C18H25NO4/c1-13(2)17(21)23-15-7-5-14(6-8-15)16(20)18(3,4)19-9-11-22-12-10-19/h5-8,13H,9-12H2,1-4H3. The van der Waals surface area contributed by atoms with Crippen LogP contribution in [-0.2, 0) is 9.53 Å². The SMILES string of the molecule is CC(C)C(=O)Oc1ccc(C(=O)C(C)(C)N2CCOCC2)cc1. The molecule has 1 heterocycles. The second kappa shape index (κ2) is 7.23. The molecule has 1 fully saturated rings. The first-order chi connectivity index (χ1) is 10.8. The lowest BCUT2D eigenvalue weighted by atomic mass is 9.91. The second-order valence-corrected chi connectivity index (χ2v) is 6.59. The molecule has 0 amide bonds. The summed E-state index contributed by atoms with van der Waals surface area (Å²) >= 11 is 0. The number of morpholine rings is 1. The smallest absolute Gasteiger partial charge is 0.313 e. The van der Waals surface area contributed by atoms with E-state index in [1.165, 1.54) is 0 Å². The minimum atomic E-state index is -0.583. The Bertz CT molecular complexity index is 557. The molecule has 0 unspecified atom stereocenters. The van der Waals surface area contributed by atoms with Gasteiger partial charge in [-0.25, -0.2) is 0 Å². The van der Waals surface area contributed by atoms with Gasteiger partial charge in [0.05, 0.1) is 24.7 Å². The van der Waals surface area contributed by atoms with E-state index in [0.717, 1.165) is 13.1 Å². The van der Waals surface area contributed by atoms with Gasteiger partial charge in [0.25, 0.3) is 0 Å². The normalized spacial score (nSPS) is 16.4. The van der Waals surface area contributed by atoms with Gasteiger partial charge >= 0.3 is 5.97 Å². The lowest BCUT2D eigenvalue weighted by Crippen LogP contribution is -2.54. The molecular formula is C18H25NO4. The number of carbonyl (C=O) groups is 2. The van der Waals surface area contributed by atoms with E-state index in [1.54, 1.807) is 38.1 Å². The Morgan fingerprint density at radius 1 is 1.13 bits per heavy atom. The molecule has 0 N–H and O–H groups in total. The number of hydrogen-bond donors (Lipinski definition) is 0. The van der Waals surface area contributed by atoms with Crippen LogP contribution in [0.3, 0.4) is 0 Å². The third-order valence-electron chi connectivity index (χ3n) is 4.16. The molecular weight excluding hydrogens is 294 g/mol. The highest BCUT2D eigenvalue weighted by Gasteiger charge is 2.35. The zero-order chi connectivity index (χ0) is 17.0. The van der Waals surface area contributed by atoms with Crippen LogP contribution < -0.4 is 4.74 Å². The zero-order valence-corrected chi connectivity index (χ0v) is 14.3. The summed E-state index contributed by atoms with van der Waals surface area (Å²) in [5.74, 6) is 0.0554. The summed E-state index contributed by atoms with van der Waals surface area (Å²) in [7, 11) is 0. The fraction of sp³-hybridized carbons (Fsp3) is 0.556. The van der Waals surface area contributed by atoms with Crippen LogP contribution in [0.25, 0.3) is 0 Å². The Kier molecular flexibility index (Phi) is 5.55. The van der Waals surface area contributed by atoms with Crippen molar-refractivity contribution in [3.8, 4) is 5.75 Å². The molecule has 0 saturated carbocycles. The maximum absolute atomic E-state index is 12.8. The van der Waals surface area contributed by atoms with Crippen LogP contribution in [0.1, 0.15) is 38.1 Å². The third-order valence-corrected chi connectivity index (χ3v) is 4.16. The van der Waals surface area contributed by atoms with E-state index < -0.39 is 5.54 Å². The Balaban J connectivity index is 2.08. The van der Waals surface area contributed by atoms with Crippen LogP contribution in [0.15, 0.2) is 24.3 Å². The van der Waals surface area contributed by atoms with Gasteiger partial charge in [-0.1, -0.05) is 13.8 Å². The van der Waals surface area contributed by atoms with Gasteiger partial charge in [-0.2, -0.15) is 0 Å². The minimum absolute atomic E-state index is 0.0566. The Morgan fingerprint density at radius 2 is 1.70 bits per heavy atom. The summed E-state index contributed by atoms with van der Waals surface area (Å²) in [5, 5.41) is 0. The van der Waals surface area contributed by atoms with Gasteiger partial charge in [0, 0.05) is 18.7 Å². The van der Waals surface area contributed by atoms with E-state index in [-0.39, 0.29) is 17.7 Å². The molecule has 126 valence electrons. The Hall–Kier alpha value is -1.72. The molecule has 0 aliphatic carbocycles. The molecule has 23 heavy (non-hydrogen) atoms. The zero-order valence-electron chi connectivity index (χ0n) is 14.3. The van der Waals surface area contributed by atoms with Crippen molar-refractivity contribution < 1.29 is 19.1 Å². The number of nitrogens with zero attached hydrogens (tertiary/aromatic N) is 1. The number of Topliss-reactive ketones (excluding diaryl/α,β-unsaturated/α-hetero) is 1. The predicted octanol–water partition coefficient (Wildman–Crippen LogP) is 2.54. The highest BCUT2D eigenvalue weighted by atomic mass is 16.5. The molecule has 0 atom stereocenters. The van der Waals surface area contributed by atoms with Gasteiger partial charge in [0.2, 0.25) is 0 Å². The van der Waals surface area contributed by atoms with Gasteiger partial charge in [-0.05, 0) is 38.1 Å². The molecule has 0 bridgehead atoms. The number of carbonyl (C=O) groups excluding carboxylic acids is 2. The molecule has 0 aromatic heterocycles. The predicted molar refractivity (Wildman–Crippen MR) is 87.7 cm³/mol. The number of rotatable bonds is 5. The summed E-state index contributed by atoms with van der Waals surface area (Å²) in [6.45, 7) is 10.3. The van der Waals surface area contributed by atoms with Crippen molar-refractivity contribution >= 4 is 11.8 Å². The number of hydrogen-bond acceptors (Lipinski definition) is 5. The summed E-state index contributed by atoms with van der Waals surface area (Å²) in [6.07, 6.45) is 0. The maximum Gasteiger partial charge on any atom is 0.313 e. The molecule has 1 saturated heterocycles. The van der Waals surface area contributed by atoms with Crippen molar-refractivity contribution in [3.05, 3.63) is 29.8 Å². The molecule has 1 aliphatic heterocycles. The van der Waals surface area contributed by atoms with Gasteiger partial charge in [-0.15, -0.1) is 0 Å². The summed E-state index contributed by atoms with van der Waals surface area (Å²) in [4.78, 5) is 26.6. The highest BCUT2D eigenvalue weighted by molar-refractivity contribution is 6.02. The molecule has 1 aromatic carbocycles. The number of ether oxygens (including phenoxy) is 2. The van der Waals surface area contributed by atoms with Crippen molar-refractivity contribution in [2.75, 3.05) is 26.3 Å². The fourth-order valence-electron chi connectivity index (χ4n) is 2.53. The first-order valence-corrected chi connectivity index (χ1v) is 8.01. The first kappa shape index (κ1) is 17.6. The van der Waals surface area contributed by atoms with E-state index in [2.05, 4.69) is 4.90 Å². The Morgan fingerprint density at radius 3 is 2.22 bits per heavy atom. The van der Waals surface area contributed by atoms with Crippen molar-refractivity contribution in [2.24, 2.45) is 5.92 Å². The molecule has 5 nitrogen and oxygen atoms in total. The largest absolute Gasteiger partial charge is 0.426 e. The van der Waals surface area contributed by atoms with Crippen LogP contribution in [-0.4, -0.2) is 48.5 Å². The molecule has 0 radical (unpaired) electrons. The van der Waals surface area contributed by atoms with Crippen molar-refractivity contribution in [1.29, 1.82) is 0 Å². The topological polar surface area (TPSA) is 55.8 Å². The van der Waals surface area contributed by atoms with Crippen molar-refractivity contribution in [2.45, 2.75) is 33.2 Å². The average molecular weight is 319 g/mol. The lowest BCUT2D eigenvalue weighted by Gasteiger charge is -2.39. The number of esters is 1. The van der Waals surface area contributed by atoms with Gasteiger partial charge in [0.15, 0.2) is 5.78 Å². The number of ketones is 1. The maximum atomic E-state index is 12.8. The van der Waals surface area contributed by atoms with Crippen LogP contribution in [0.2, 0.25) is 0 Å². The quantitative estimate of drug-likeness (QED) is 0.474. The second-order valence-electron chi connectivity index (χ2n) is 6.59. The van der Waals surface area contributed by atoms with Gasteiger partial charge in [0.1, 0.15) is 5.75 Å². The van der Waals surface area contributed by atoms with E-state index >= 15 is 0 Å². The molecule has 1 aliphatic rings. The average Bonchev–Trinajstić information content (AvgIpc) is 2.55. The lowest BCUT2D eigenvalue weighted by molar-refractivity contribution is -0.137. The summed E-state index contributed by atoms with van der Waals surface area (Å²) in [6, 6.07) is 6.77. The van der Waals surface area contributed by atoms with E-state index in [4.69, 9.17) is 9.47 Å². The van der Waals surface area contributed by atoms with Crippen LogP contribution in [0, 0.1) is 5.92 Å². The van der Waals surface area contributed by atoms with Crippen molar-refractivity contribution in [1.82, 2.24) is 4.90 Å². The van der Waals surface area contributed by atoms with Gasteiger partial charge < -0.3 is 9.47 Å². The molecule has 5 heteroatoms. The highest BCUT2D eigenvalue weighted by Crippen LogP contribution is 2.23.